The third-order valence-electron chi connectivity index (χ3n) is 4.19. The number of thiophene rings is 1. The molecule has 0 aliphatic heterocycles. The summed E-state index contributed by atoms with van der Waals surface area (Å²) in [5.41, 5.74) is 3.43. The van der Waals surface area contributed by atoms with Crippen molar-refractivity contribution in [2.24, 2.45) is 4.99 Å². The number of nitrogens with one attached hydrogen (secondary N) is 2. The van der Waals surface area contributed by atoms with E-state index in [9.17, 15) is 0 Å². The number of rotatable bonds is 8. The zero-order valence-electron chi connectivity index (χ0n) is 16.3. The van der Waals surface area contributed by atoms with E-state index in [4.69, 9.17) is 4.74 Å². The van der Waals surface area contributed by atoms with Crippen molar-refractivity contribution in [1.82, 2.24) is 20.4 Å². The van der Waals surface area contributed by atoms with Crippen LogP contribution >= 0.6 is 35.3 Å². The predicted molar refractivity (Wildman–Crippen MR) is 120 cm³/mol. The monoisotopic (exact) mass is 491 g/mol. The molecule has 2 aromatic heterocycles. The fourth-order valence-electron chi connectivity index (χ4n) is 2.66. The Kier molecular flexibility index (Phi) is 10.2. The van der Waals surface area contributed by atoms with Gasteiger partial charge in [-0.1, -0.05) is 6.92 Å². The number of ether oxygens (including phenoxy) is 1. The summed E-state index contributed by atoms with van der Waals surface area (Å²) < 4.78 is 7.15. The van der Waals surface area contributed by atoms with Gasteiger partial charge in [0, 0.05) is 41.7 Å². The summed E-state index contributed by atoms with van der Waals surface area (Å²) in [6.07, 6.45) is 1.09. The third-order valence-corrected chi connectivity index (χ3v) is 5.42. The Morgan fingerprint density at radius 1 is 1.23 bits per heavy atom. The number of hydrogen-bond acceptors (Lipinski definition) is 4. The lowest BCUT2D eigenvalue weighted by Gasteiger charge is -2.12. The minimum absolute atomic E-state index is 0. The van der Waals surface area contributed by atoms with E-state index in [0.29, 0.717) is 13.2 Å². The van der Waals surface area contributed by atoms with Gasteiger partial charge < -0.3 is 15.4 Å². The lowest BCUT2D eigenvalue weighted by atomic mass is 10.2. The van der Waals surface area contributed by atoms with E-state index in [1.165, 1.54) is 21.0 Å². The van der Waals surface area contributed by atoms with Gasteiger partial charge in [0.25, 0.3) is 0 Å². The molecule has 0 amide bonds. The van der Waals surface area contributed by atoms with E-state index >= 15 is 0 Å². The van der Waals surface area contributed by atoms with Gasteiger partial charge in [-0.2, -0.15) is 5.10 Å². The first-order chi connectivity index (χ1) is 12.1. The molecule has 6 nitrogen and oxygen atoms in total. The summed E-state index contributed by atoms with van der Waals surface area (Å²) in [5, 5.41) is 11.4. The number of aryl methyl sites for hydroxylation is 2. The summed E-state index contributed by atoms with van der Waals surface area (Å²) in [5.74, 6) is 0.801. The molecular formula is C18H30IN5OS. The Labute approximate surface area is 177 Å². The molecule has 0 fully saturated rings. The minimum Gasteiger partial charge on any atom is -0.383 e. The highest BCUT2D eigenvalue weighted by atomic mass is 127. The first-order valence-corrected chi connectivity index (χ1v) is 9.44. The molecule has 0 radical (unpaired) electrons. The van der Waals surface area contributed by atoms with Crippen molar-refractivity contribution in [2.75, 3.05) is 20.8 Å². The zero-order chi connectivity index (χ0) is 18.2. The fourth-order valence-corrected chi connectivity index (χ4v) is 3.55. The van der Waals surface area contributed by atoms with E-state index < -0.39 is 0 Å². The second-order valence-electron chi connectivity index (χ2n) is 5.87. The van der Waals surface area contributed by atoms with Gasteiger partial charge in [-0.05, 0) is 32.4 Å². The third kappa shape index (κ3) is 6.24. The van der Waals surface area contributed by atoms with Crippen LogP contribution in [-0.2, 0) is 30.8 Å². The van der Waals surface area contributed by atoms with Crippen LogP contribution in [0.5, 0.6) is 0 Å². The number of hydrogen-bond donors (Lipinski definition) is 2. The van der Waals surface area contributed by atoms with Gasteiger partial charge in [0.2, 0.25) is 0 Å². The first kappa shape index (κ1) is 22.9. The van der Waals surface area contributed by atoms with Gasteiger partial charge in [0.15, 0.2) is 5.96 Å². The van der Waals surface area contributed by atoms with Crippen LogP contribution in [0.3, 0.4) is 0 Å². The van der Waals surface area contributed by atoms with Gasteiger partial charge in [0.05, 0.1) is 25.4 Å². The molecule has 2 N–H and O–H groups in total. The normalized spacial score (nSPS) is 11.3. The Balaban J connectivity index is 0.00000338. The molecule has 0 unspecified atom stereocenters. The molecule has 2 heterocycles. The van der Waals surface area contributed by atoms with Crippen molar-refractivity contribution >= 4 is 41.3 Å². The van der Waals surface area contributed by atoms with Crippen LogP contribution in [0.15, 0.2) is 17.1 Å². The first-order valence-electron chi connectivity index (χ1n) is 8.62. The Hall–Kier alpha value is -1.13. The van der Waals surface area contributed by atoms with Crippen LogP contribution in [0.25, 0.3) is 0 Å². The zero-order valence-corrected chi connectivity index (χ0v) is 19.4. The van der Waals surface area contributed by atoms with Crippen molar-refractivity contribution < 1.29 is 4.74 Å². The molecular weight excluding hydrogens is 461 g/mol. The highest BCUT2D eigenvalue weighted by Crippen LogP contribution is 2.16. The molecule has 0 aliphatic rings. The molecule has 0 atom stereocenters. The minimum atomic E-state index is 0. The number of aromatic nitrogens is 2. The van der Waals surface area contributed by atoms with Crippen LogP contribution in [-0.4, -0.2) is 36.5 Å². The molecule has 0 aromatic carbocycles. The van der Waals surface area contributed by atoms with E-state index in [1.807, 2.05) is 22.9 Å². The van der Waals surface area contributed by atoms with Crippen molar-refractivity contribution in [2.45, 2.75) is 46.8 Å². The molecule has 0 bridgehead atoms. The fraction of sp³-hybridized carbons (Fsp3) is 0.556. The predicted octanol–water partition coefficient (Wildman–Crippen LogP) is 3.25. The van der Waals surface area contributed by atoms with Gasteiger partial charge in [-0.15, -0.1) is 35.3 Å². The highest BCUT2D eigenvalue weighted by molar-refractivity contribution is 14.0. The molecule has 0 saturated carbocycles. The topological polar surface area (TPSA) is 63.5 Å². The van der Waals surface area contributed by atoms with Gasteiger partial charge >= 0.3 is 0 Å². The molecule has 146 valence electrons. The molecule has 26 heavy (non-hydrogen) atoms. The number of aliphatic imine (C=N–C) groups is 1. The highest BCUT2D eigenvalue weighted by Gasteiger charge is 2.12. The van der Waals surface area contributed by atoms with Crippen molar-refractivity contribution in [3.05, 3.63) is 38.8 Å². The Bertz CT molecular complexity index is 711. The van der Waals surface area contributed by atoms with Gasteiger partial charge in [-0.25, -0.2) is 0 Å². The van der Waals surface area contributed by atoms with Crippen LogP contribution in [0.4, 0.5) is 0 Å². The van der Waals surface area contributed by atoms with E-state index in [2.05, 4.69) is 46.7 Å². The molecule has 0 saturated heterocycles. The summed E-state index contributed by atoms with van der Waals surface area (Å²) >= 11 is 1.85. The second kappa shape index (κ2) is 11.6. The van der Waals surface area contributed by atoms with Crippen molar-refractivity contribution in [3.63, 3.8) is 0 Å². The average Bonchev–Trinajstić information content (AvgIpc) is 3.18. The van der Waals surface area contributed by atoms with E-state index in [0.717, 1.165) is 31.2 Å². The molecule has 8 heteroatoms. The van der Waals surface area contributed by atoms with Gasteiger partial charge in [0.1, 0.15) is 0 Å². The van der Waals surface area contributed by atoms with E-state index in [-0.39, 0.29) is 24.0 Å². The maximum Gasteiger partial charge on any atom is 0.191 e. The number of halogens is 1. The van der Waals surface area contributed by atoms with Crippen LogP contribution in [0.1, 0.15) is 33.6 Å². The van der Waals surface area contributed by atoms with Gasteiger partial charge in [-0.3, -0.25) is 9.67 Å². The van der Waals surface area contributed by atoms with Crippen molar-refractivity contribution in [3.8, 4) is 0 Å². The summed E-state index contributed by atoms with van der Waals surface area (Å²) in [7, 11) is 3.50. The summed E-state index contributed by atoms with van der Waals surface area (Å²) in [6.45, 7) is 9.25. The number of nitrogens with zero attached hydrogens (tertiary/aromatic N) is 3. The number of guanidine groups is 1. The molecule has 2 rings (SSSR count). The lowest BCUT2D eigenvalue weighted by molar-refractivity contribution is 0.182. The second-order valence-corrected chi connectivity index (χ2v) is 7.12. The Morgan fingerprint density at radius 2 is 1.92 bits per heavy atom. The average molecular weight is 491 g/mol. The number of methoxy groups -OCH3 is 1. The summed E-state index contributed by atoms with van der Waals surface area (Å²) in [4.78, 5) is 7.04. The quantitative estimate of drug-likeness (QED) is 0.338. The van der Waals surface area contributed by atoms with Crippen LogP contribution < -0.4 is 10.6 Å². The standard InChI is InChI=1S/C18H29N5OS.HI/c1-6-15-7-8-16(25-15)11-20-18(19-4)21-12-17-13(2)22-23(14(17)3)9-10-24-5;/h7-8H,6,9-12H2,1-5H3,(H2,19,20,21);1H. The van der Waals surface area contributed by atoms with Crippen molar-refractivity contribution in [1.29, 1.82) is 0 Å². The van der Waals surface area contributed by atoms with Crippen LogP contribution in [0.2, 0.25) is 0 Å². The smallest absolute Gasteiger partial charge is 0.191 e. The summed E-state index contributed by atoms with van der Waals surface area (Å²) in [6, 6.07) is 4.37. The molecule has 2 aromatic rings. The SMILES string of the molecule is CCc1ccc(CNC(=NC)NCc2c(C)nn(CCOC)c2C)s1.I. The largest absolute Gasteiger partial charge is 0.383 e. The maximum absolute atomic E-state index is 5.14. The Morgan fingerprint density at radius 3 is 2.54 bits per heavy atom. The molecule has 0 spiro atoms. The maximum atomic E-state index is 5.14. The van der Waals surface area contributed by atoms with Crippen LogP contribution in [0, 0.1) is 13.8 Å². The van der Waals surface area contributed by atoms with E-state index in [1.54, 1.807) is 14.2 Å². The lowest BCUT2D eigenvalue weighted by Crippen LogP contribution is -2.36. The molecule has 0 aliphatic carbocycles.